The normalized spacial score (nSPS) is 16.1. The van der Waals surface area contributed by atoms with Crippen LogP contribution in [0.25, 0.3) is 0 Å². The van der Waals surface area contributed by atoms with Crippen molar-refractivity contribution < 1.29 is 58.1 Å². The molecule has 8 N–H and O–H groups in total. The van der Waals surface area contributed by atoms with Crippen molar-refractivity contribution in [2.24, 2.45) is 17.8 Å². The van der Waals surface area contributed by atoms with Gasteiger partial charge in [0.05, 0.1) is 19.6 Å². The van der Waals surface area contributed by atoms with Gasteiger partial charge in [0.2, 0.25) is 35.4 Å². The first kappa shape index (κ1) is 53.6. The SMILES string of the molecule is CC[C@H](NC(=O)[C@H](CC1CCCCC1)NC(=O)[C@@H](NC(=O)[C@@H](CC(C)C)NC(=O)C(CCC(=O)O)NC(=O)[C@H](CC(=O)O)NC(C)=O)[C@@H](C)CC)C(=O)CCc1ccc(OC)cc1. The number of carboxylic acid groups (broad SMARTS) is 2. The Morgan fingerprint density at radius 3 is 1.75 bits per heavy atom. The van der Waals surface area contributed by atoms with Crippen molar-refractivity contribution in [3.8, 4) is 5.75 Å². The summed E-state index contributed by atoms with van der Waals surface area (Å²) in [6.45, 7) is 10.0. The lowest BCUT2D eigenvalue weighted by atomic mass is 9.84. The van der Waals surface area contributed by atoms with Crippen LogP contribution in [0.2, 0.25) is 0 Å². The number of hydrogen-bond donors (Lipinski definition) is 8. The van der Waals surface area contributed by atoms with Crippen molar-refractivity contribution in [1.29, 1.82) is 0 Å². The summed E-state index contributed by atoms with van der Waals surface area (Å²) in [7, 11) is 1.57. The van der Waals surface area contributed by atoms with Crippen LogP contribution in [-0.2, 0) is 49.6 Å². The Morgan fingerprint density at radius 2 is 1.21 bits per heavy atom. The number of nitrogens with one attached hydrogen (secondary N) is 6. The second-order valence-electron chi connectivity index (χ2n) is 17.0. The van der Waals surface area contributed by atoms with E-state index in [4.69, 9.17) is 4.74 Å². The minimum absolute atomic E-state index is 0.0666. The minimum Gasteiger partial charge on any atom is -0.497 e. The molecule has 1 aromatic carbocycles. The number of rotatable bonds is 28. The summed E-state index contributed by atoms with van der Waals surface area (Å²) in [4.78, 5) is 117. The van der Waals surface area contributed by atoms with Crippen LogP contribution in [0.3, 0.4) is 0 Å². The maximum absolute atomic E-state index is 14.2. The lowest BCUT2D eigenvalue weighted by molar-refractivity contribution is -0.141. The summed E-state index contributed by atoms with van der Waals surface area (Å²) >= 11 is 0. The molecule has 18 nitrogen and oxygen atoms in total. The van der Waals surface area contributed by atoms with E-state index in [2.05, 4.69) is 31.9 Å². The van der Waals surface area contributed by atoms with Crippen molar-refractivity contribution in [2.75, 3.05) is 7.11 Å². The maximum atomic E-state index is 14.2. The van der Waals surface area contributed by atoms with E-state index < -0.39 is 109 Å². The lowest BCUT2D eigenvalue weighted by Crippen LogP contribution is -2.61. The average Bonchev–Trinajstić information content (AvgIpc) is 3.23. The number of ketones is 1. The molecule has 1 fully saturated rings. The van der Waals surface area contributed by atoms with Crippen LogP contribution >= 0.6 is 0 Å². The fourth-order valence-electron chi connectivity index (χ4n) is 7.53. The Bertz CT molecular complexity index is 1700. The van der Waals surface area contributed by atoms with Crippen molar-refractivity contribution in [2.45, 2.75) is 168 Å². The van der Waals surface area contributed by atoms with Crippen LogP contribution in [0, 0.1) is 17.8 Å². The number of carbonyl (C=O) groups excluding carboxylic acids is 7. The van der Waals surface area contributed by atoms with E-state index in [9.17, 15) is 53.4 Å². The molecule has 2 rings (SSSR count). The number of ether oxygens (including phenoxy) is 1. The smallest absolute Gasteiger partial charge is 0.305 e. The number of carbonyl (C=O) groups is 9. The van der Waals surface area contributed by atoms with Gasteiger partial charge in [0.25, 0.3) is 0 Å². The third-order valence-electron chi connectivity index (χ3n) is 11.3. The number of amides is 6. The molecular weight excluding hydrogens is 817 g/mol. The van der Waals surface area contributed by atoms with Crippen LogP contribution in [0.1, 0.15) is 131 Å². The first-order valence-corrected chi connectivity index (χ1v) is 22.2. The molecule has 7 atom stereocenters. The number of carboxylic acids is 2. The van der Waals surface area contributed by atoms with Gasteiger partial charge in [-0.25, -0.2) is 0 Å². The van der Waals surface area contributed by atoms with Crippen molar-refractivity contribution >= 4 is 53.2 Å². The van der Waals surface area contributed by atoms with Gasteiger partial charge in [-0.1, -0.05) is 85.3 Å². The van der Waals surface area contributed by atoms with Crippen LogP contribution in [0.15, 0.2) is 24.3 Å². The topological polar surface area (TPSA) is 276 Å². The highest BCUT2D eigenvalue weighted by Crippen LogP contribution is 2.28. The molecule has 0 radical (unpaired) electrons. The number of aryl methyl sites for hydroxylation is 1. The average molecular weight is 887 g/mol. The molecule has 1 saturated carbocycles. The molecule has 0 bridgehead atoms. The Kier molecular flexibility index (Phi) is 23.4. The summed E-state index contributed by atoms with van der Waals surface area (Å²) in [5, 5.41) is 34.3. The molecule has 1 aliphatic rings. The highest BCUT2D eigenvalue weighted by atomic mass is 16.5. The fraction of sp³-hybridized carbons (Fsp3) is 0.667. The van der Waals surface area contributed by atoms with Gasteiger partial charge in [0.1, 0.15) is 36.0 Å². The van der Waals surface area contributed by atoms with E-state index >= 15 is 0 Å². The highest BCUT2D eigenvalue weighted by Gasteiger charge is 2.36. The van der Waals surface area contributed by atoms with Gasteiger partial charge >= 0.3 is 11.9 Å². The summed E-state index contributed by atoms with van der Waals surface area (Å²) in [6.07, 6.45) is 4.81. The monoisotopic (exact) mass is 887 g/mol. The highest BCUT2D eigenvalue weighted by molar-refractivity contribution is 5.97. The Labute approximate surface area is 370 Å². The quantitative estimate of drug-likeness (QED) is 0.0604. The largest absolute Gasteiger partial charge is 0.497 e. The zero-order valence-corrected chi connectivity index (χ0v) is 37.9. The third kappa shape index (κ3) is 19.6. The van der Waals surface area contributed by atoms with E-state index in [1.807, 2.05) is 31.2 Å². The summed E-state index contributed by atoms with van der Waals surface area (Å²) in [6, 6.07) is 0.0220. The zero-order valence-electron chi connectivity index (χ0n) is 37.9. The molecule has 6 amide bonds. The van der Waals surface area contributed by atoms with E-state index in [0.29, 0.717) is 31.4 Å². The number of hydrogen-bond acceptors (Lipinski definition) is 10. The minimum atomic E-state index is -1.58. The molecule has 0 heterocycles. The molecule has 1 aliphatic carbocycles. The first-order chi connectivity index (χ1) is 29.8. The lowest BCUT2D eigenvalue weighted by Gasteiger charge is -2.31. The van der Waals surface area contributed by atoms with Crippen molar-refractivity contribution in [1.82, 2.24) is 31.9 Å². The Balaban J connectivity index is 2.33. The maximum Gasteiger partial charge on any atom is 0.305 e. The summed E-state index contributed by atoms with van der Waals surface area (Å²) in [5.74, 6) is -7.22. The van der Waals surface area contributed by atoms with Crippen LogP contribution in [0.5, 0.6) is 5.75 Å². The predicted octanol–water partition coefficient (Wildman–Crippen LogP) is 2.94. The molecule has 0 spiro atoms. The van der Waals surface area contributed by atoms with E-state index in [0.717, 1.165) is 44.6 Å². The molecule has 0 aromatic heterocycles. The molecule has 18 heteroatoms. The van der Waals surface area contributed by atoms with E-state index in [-0.39, 0.29) is 30.5 Å². The molecule has 63 heavy (non-hydrogen) atoms. The molecule has 0 aliphatic heterocycles. The zero-order chi connectivity index (χ0) is 47.2. The van der Waals surface area contributed by atoms with Gasteiger partial charge < -0.3 is 46.9 Å². The Morgan fingerprint density at radius 1 is 0.651 bits per heavy atom. The van der Waals surface area contributed by atoms with Gasteiger partial charge in [0.15, 0.2) is 5.78 Å². The van der Waals surface area contributed by atoms with Crippen LogP contribution in [0.4, 0.5) is 0 Å². The van der Waals surface area contributed by atoms with Gasteiger partial charge in [0, 0.05) is 19.8 Å². The number of aliphatic carboxylic acids is 2. The molecular formula is C45H70N6O12. The van der Waals surface area contributed by atoms with E-state index in [1.165, 1.54) is 0 Å². The molecule has 352 valence electrons. The first-order valence-electron chi connectivity index (χ1n) is 22.2. The second-order valence-corrected chi connectivity index (χ2v) is 17.0. The Hall–Kier alpha value is -5.55. The number of Topliss-reactive ketones (excluding diaryl/α,β-unsaturated/α-hetero) is 1. The predicted molar refractivity (Wildman–Crippen MR) is 233 cm³/mol. The van der Waals surface area contributed by atoms with Gasteiger partial charge in [-0.3, -0.25) is 43.2 Å². The van der Waals surface area contributed by atoms with Crippen LogP contribution in [-0.4, -0.2) is 107 Å². The van der Waals surface area contributed by atoms with Gasteiger partial charge in [-0.2, -0.15) is 0 Å². The van der Waals surface area contributed by atoms with Gasteiger partial charge in [-0.05, 0) is 67.6 Å². The summed E-state index contributed by atoms with van der Waals surface area (Å²) in [5.41, 5.74) is 0.940. The number of benzene rings is 1. The fourth-order valence-corrected chi connectivity index (χ4v) is 7.53. The standard InChI is InChI=1S/C45H70N6O12/c1-8-27(5)40(51-44(61)34(23-26(3)4)49-41(58)33(20-22-38(54)55)48-43(60)36(25-39(56)57)46-28(6)52)45(62)50-35(24-30-13-11-10-12-14-30)42(59)47-32(9-2)37(53)21-17-29-15-18-31(63-7)19-16-29/h15-16,18-19,26-27,30,32-36,40H,8-14,17,20-25H2,1-7H3,(H,46,52)(H,47,59)(H,48,60)(H,49,58)(H,50,62)(H,51,61)(H,54,55)(H,56,57)/t27-,32-,33?,34+,35-,36-,40-/m0/s1. The van der Waals surface area contributed by atoms with Crippen molar-refractivity contribution in [3.63, 3.8) is 0 Å². The second kappa shape index (κ2) is 27.5. The molecule has 1 unspecified atom stereocenters. The summed E-state index contributed by atoms with van der Waals surface area (Å²) < 4.78 is 5.21. The van der Waals surface area contributed by atoms with Crippen molar-refractivity contribution in [3.05, 3.63) is 29.8 Å². The molecule has 0 saturated heterocycles. The molecule has 1 aromatic rings. The van der Waals surface area contributed by atoms with Crippen LogP contribution < -0.4 is 36.6 Å². The third-order valence-corrected chi connectivity index (χ3v) is 11.3. The van der Waals surface area contributed by atoms with E-state index in [1.54, 1.807) is 34.8 Å². The number of methoxy groups -OCH3 is 1. The van der Waals surface area contributed by atoms with Gasteiger partial charge in [-0.15, -0.1) is 0 Å².